The van der Waals surface area contributed by atoms with Gasteiger partial charge in [-0.05, 0) is 18.9 Å². The van der Waals surface area contributed by atoms with Crippen LogP contribution in [0.15, 0.2) is 24.7 Å². The normalized spacial score (nSPS) is 20.0. The lowest BCUT2D eigenvalue weighted by atomic mass is 10.1. The van der Waals surface area contributed by atoms with E-state index in [2.05, 4.69) is 15.1 Å². The van der Waals surface area contributed by atoms with Crippen LogP contribution in [0.4, 0.5) is 0 Å². The first-order chi connectivity index (χ1) is 9.97. The van der Waals surface area contributed by atoms with Crippen molar-refractivity contribution in [3.8, 4) is 11.4 Å². The van der Waals surface area contributed by atoms with Gasteiger partial charge in [0.15, 0.2) is 0 Å². The third kappa shape index (κ3) is 2.68. The zero-order valence-electron chi connectivity index (χ0n) is 12.0. The van der Waals surface area contributed by atoms with E-state index < -0.39 is 10.0 Å². The van der Waals surface area contributed by atoms with E-state index in [9.17, 15) is 8.42 Å². The third-order valence-corrected chi connectivity index (χ3v) is 5.00. The van der Waals surface area contributed by atoms with Gasteiger partial charge >= 0.3 is 0 Å². The molecule has 0 radical (unpaired) electrons. The maximum atomic E-state index is 11.8. The quantitative estimate of drug-likeness (QED) is 0.844. The topological polar surface area (TPSA) is 81.0 Å². The van der Waals surface area contributed by atoms with Crippen LogP contribution in [0, 0.1) is 0 Å². The van der Waals surface area contributed by atoms with Crippen molar-refractivity contribution in [1.82, 2.24) is 24.1 Å². The highest BCUT2D eigenvalue weighted by molar-refractivity contribution is 7.88. The maximum absolute atomic E-state index is 11.8. The van der Waals surface area contributed by atoms with Crippen LogP contribution in [0.2, 0.25) is 0 Å². The molecule has 3 heterocycles. The molecule has 0 amide bonds. The Morgan fingerprint density at radius 2 is 2.14 bits per heavy atom. The number of sulfonamides is 1. The van der Waals surface area contributed by atoms with Crippen LogP contribution >= 0.6 is 0 Å². The van der Waals surface area contributed by atoms with Gasteiger partial charge in [-0.3, -0.25) is 9.67 Å². The van der Waals surface area contributed by atoms with Gasteiger partial charge in [0.05, 0.1) is 36.1 Å². The van der Waals surface area contributed by atoms with Gasteiger partial charge in [-0.15, -0.1) is 0 Å². The average Bonchev–Trinajstić information content (AvgIpc) is 3.06. The van der Waals surface area contributed by atoms with E-state index in [0.717, 1.165) is 18.5 Å². The van der Waals surface area contributed by atoms with Gasteiger partial charge in [-0.1, -0.05) is 0 Å². The Bertz CT molecular complexity index is 755. The fourth-order valence-corrected chi connectivity index (χ4v) is 3.86. The fourth-order valence-electron chi connectivity index (χ4n) is 2.72. The van der Waals surface area contributed by atoms with Gasteiger partial charge in [-0.25, -0.2) is 13.4 Å². The Morgan fingerprint density at radius 3 is 2.81 bits per heavy atom. The lowest BCUT2D eigenvalue weighted by Gasteiger charge is -2.21. The van der Waals surface area contributed by atoms with Crippen molar-refractivity contribution in [2.24, 2.45) is 7.05 Å². The summed E-state index contributed by atoms with van der Waals surface area (Å²) in [5.41, 5.74) is 2.25. The molecule has 0 aliphatic carbocycles. The summed E-state index contributed by atoms with van der Waals surface area (Å²) in [6, 6.07) is 1.64. The summed E-state index contributed by atoms with van der Waals surface area (Å²) >= 11 is 0. The summed E-state index contributed by atoms with van der Waals surface area (Å²) < 4.78 is 26.9. The number of hydrogen-bond donors (Lipinski definition) is 0. The van der Waals surface area contributed by atoms with Crippen molar-refractivity contribution in [2.75, 3.05) is 12.8 Å². The molecule has 8 heteroatoms. The number of nitrogens with zero attached hydrogens (tertiary/aromatic N) is 5. The summed E-state index contributed by atoms with van der Waals surface area (Å²) in [7, 11) is -1.39. The molecule has 1 saturated heterocycles. The van der Waals surface area contributed by atoms with E-state index in [1.807, 2.05) is 13.1 Å². The molecule has 1 atom stereocenters. The van der Waals surface area contributed by atoms with E-state index in [4.69, 9.17) is 0 Å². The largest absolute Gasteiger partial charge is 0.266 e. The molecule has 21 heavy (non-hydrogen) atoms. The van der Waals surface area contributed by atoms with E-state index in [1.54, 1.807) is 23.3 Å². The van der Waals surface area contributed by atoms with Crippen LogP contribution in [0.5, 0.6) is 0 Å². The zero-order chi connectivity index (χ0) is 15.0. The molecule has 0 aromatic carbocycles. The standard InChI is InChI=1S/C13H17N5O2S/c1-17-12(5-6-15-17)10-8-14-9-11(16-10)13-4-3-7-18(13)21(2,19)20/h5-6,8-9,13H,3-4,7H2,1-2H3/t13-/m1/s1. The first kappa shape index (κ1) is 14.2. The molecule has 2 aromatic heterocycles. The lowest BCUT2D eigenvalue weighted by Crippen LogP contribution is -2.30. The second-order valence-electron chi connectivity index (χ2n) is 5.20. The molecule has 1 aliphatic rings. The monoisotopic (exact) mass is 307 g/mol. The highest BCUT2D eigenvalue weighted by Gasteiger charge is 2.33. The SMILES string of the molecule is Cn1nccc1-c1cncc([C@H]2CCCN2S(C)(=O)=O)n1. The summed E-state index contributed by atoms with van der Waals surface area (Å²) in [6.45, 7) is 0.543. The van der Waals surface area contributed by atoms with Crippen molar-refractivity contribution in [1.29, 1.82) is 0 Å². The molecule has 112 valence electrons. The van der Waals surface area contributed by atoms with Gasteiger partial charge in [0.2, 0.25) is 10.0 Å². The highest BCUT2D eigenvalue weighted by Crippen LogP contribution is 2.33. The molecular formula is C13H17N5O2S. The number of rotatable bonds is 3. The van der Waals surface area contributed by atoms with Crippen molar-refractivity contribution in [3.63, 3.8) is 0 Å². The summed E-state index contributed by atoms with van der Waals surface area (Å²) in [5, 5.41) is 4.12. The van der Waals surface area contributed by atoms with Crippen molar-refractivity contribution in [3.05, 3.63) is 30.4 Å². The average molecular weight is 307 g/mol. The molecule has 0 spiro atoms. The Hall–Kier alpha value is -1.80. The second kappa shape index (κ2) is 5.19. The summed E-state index contributed by atoms with van der Waals surface area (Å²) in [5.74, 6) is 0. The van der Waals surface area contributed by atoms with E-state index >= 15 is 0 Å². The molecule has 3 rings (SSSR count). The Balaban J connectivity index is 1.99. The van der Waals surface area contributed by atoms with Gasteiger partial charge < -0.3 is 0 Å². The van der Waals surface area contributed by atoms with E-state index in [-0.39, 0.29) is 6.04 Å². The minimum absolute atomic E-state index is 0.222. The Morgan fingerprint density at radius 1 is 1.33 bits per heavy atom. The van der Waals surface area contributed by atoms with Crippen LogP contribution in [-0.4, -0.2) is 45.3 Å². The molecule has 1 fully saturated rings. The van der Waals surface area contributed by atoms with Crippen LogP contribution < -0.4 is 0 Å². The molecule has 2 aromatic rings. The van der Waals surface area contributed by atoms with Crippen molar-refractivity contribution < 1.29 is 8.42 Å². The molecule has 0 saturated carbocycles. The van der Waals surface area contributed by atoms with Gasteiger partial charge in [0.25, 0.3) is 0 Å². The van der Waals surface area contributed by atoms with Gasteiger partial charge in [0, 0.05) is 19.8 Å². The Kier molecular flexibility index (Phi) is 3.50. The first-order valence-corrected chi connectivity index (χ1v) is 8.59. The Labute approximate surface area is 123 Å². The minimum atomic E-state index is -3.23. The van der Waals surface area contributed by atoms with Crippen molar-refractivity contribution >= 4 is 10.0 Å². The number of hydrogen-bond acceptors (Lipinski definition) is 5. The van der Waals surface area contributed by atoms with Crippen LogP contribution in [0.3, 0.4) is 0 Å². The van der Waals surface area contributed by atoms with Crippen LogP contribution in [0.1, 0.15) is 24.6 Å². The van der Waals surface area contributed by atoms with Crippen molar-refractivity contribution in [2.45, 2.75) is 18.9 Å². The summed E-state index contributed by atoms with van der Waals surface area (Å²) in [4.78, 5) is 8.81. The minimum Gasteiger partial charge on any atom is -0.266 e. The molecule has 1 aliphatic heterocycles. The predicted molar refractivity (Wildman–Crippen MR) is 77.8 cm³/mol. The lowest BCUT2D eigenvalue weighted by molar-refractivity contribution is 0.393. The smallest absolute Gasteiger partial charge is 0.211 e. The van der Waals surface area contributed by atoms with Crippen LogP contribution in [-0.2, 0) is 17.1 Å². The summed E-state index contributed by atoms with van der Waals surface area (Å²) in [6.07, 6.45) is 7.87. The fraction of sp³-hybridized carbons (Fsp3) is 0.462. The number of aryl methyl sites for hydroxylation is 1. The maximum Gasteiger partial charge on any atom is 0.211 e. The molecule has 0 N–H and O–H groups in total. The third-order valence-electron chi connectivity index (χ3n) is 3.71. The molecule has 7 nitrogen and oxygen atoms in total. The molecule has 0 bridgehead atoms. The van der Waals surface area contributed by atoms with E-state index in [0.29, 0.717) is 17.9 Å². The number of aromatic nitrogens is 4. The van der Waals surface area contributed by atoms with E-state index in [1.165, 1.54) is 10.6 Å². The molecular weight excluding hydrogens is 290 g/mol. The predicted octanol–water partition coefficient (Wildman–Crippen LogP) is 0.974. The second-order valence-corrected chi connectivity index (χ2v) is 7.14. The van der Waals surface area contributed by atoms with Crippen LogP contribution in [0.25, 0.3) is 11.4 Å². The van der Waals surface area contributed by atoms with Gasteiger partial charge in [-0.2, -0.15) is 9.40 Å². The first-order valence-electron chi connectivity index (χ1n) is 6.74. The zero-order valence-corrected chi connectivity index (χ0v) is 12.8. The van der Waals surface area contributed by atoms with Gasteiger partial charge in [0.1, 0.15) is 5.69 Å². The highest BCUT2D eigenvalue weighted by atomic mass is 32.2. The molecule has 0 unspecified atom stereocenters.